The lowest BCUT2D eigenvalue weighted by molar-refractivity contribution is 0.102. The predicted octanol–water partition coefficient (Wildman–Crippen LogP) is 3.07. The van der Waals surface area contributed by atoms with Gasteiger partial charge >= 0.3 is 5.69 Å². The molecule has 158 valence electrons. The largest absolute Gasteiger partial charge is 0.441 e. The predicted molar refractivity (Wildman–Crippen MR) is 116 cm³/mol. The average Bonchev–Trinajstić information content (AvgIpc) is 3.51. The van der Waals surface area contributed by atoms with Crippen molar-refractivity contribution in [2.24, 2.45) is 0 Å². The van der Waals surface area contributed by atoms with E-state index in [-0.39, 0.29) is 22.5 Å². The Morgan fingerprint density at radius 3 is 2.81 bits per heavy atom. The van der Waals surface area contributed by atoms with Crippen LogP contribution in [0.5, 0.6) is 0 Å². The van der Waals surface area contributed by atoms with E-state index in [2.05, 4.69) is 20.3 Å². The van der Waals surface area contributed by atoms with Crippen molar-refractivity contribution in [3.05, 3.63) is 62.3 Å². The van der Waals surface area contributed by atoms with E-state index in [0.29, 0.717) is 35.6 Å². The molecule has 1 amide bonds. The molecule has 0 radical (unpaired) electrons. The smallest absolute Gasteiger partial charge is 0.329 e. The lowest BCUT2D eigenvalue weighted by Crippen LogP contribution is -2.32. The molecule has 1 saturated carbocycles. The molecule has 31 heavy (non-hydrogen) atoms. The first kappa shape index (κ1) is 19.2. The molecule has 9 nitrogen and oxygen atoms in total. The fraction of sp³-hybridized carbons (Fsp3) is 0.318. The van der Waals surface area contributed by atoms with Gasteiger partial charge in [0.25, 0.3) is 11.5 Å². The van der Waals surface area contributed by atoms with Crippen molar-refractivity contribution >= 4 is 33.7 Å². The molecule has 4 aromatic rings. The Morgan fingerprint density at radius 2 is 2.06 bits per heavy atom. The standard InChI is InChI=1S/C22H21N5O4/c1-3-8-27-19-18(21(29)26-22(27)30)14(10-15(25-19)12-4-5-12)20(28)24-13-6-7-17-16(9-13)23-11(2)31-17/h6-7,9-10,12H,3-5,8H2,1-2H3,(H,24,28)(H,26,29,30). The number of aryl methyl sites for hydroxylation is 2. The number of amides is 1. The minimum Gasteiger partial charge on any atom is -0.441 e. The number of anilines is 1. The summed E-state index contributed by atoms with van der Waals surface area (Å²) in [7, 11) is 0. The number of pyridine rings is 1. The fourth-order valence-electron chi connectivity index (χ4n) is 3.81. The van der Waals surface area contributed by atoms with E-state index in [1.807, 2.05) is 6.92 Å². The van der Waals surface area contributed by atoms with Crippen LogP contribution in [0.1, 0.15) is 54.0 Å². The monoisotopic (exact) mass is 419 g/mol. The number of aromatic amines is 1. The number of carbonyl (C=O) groups excluding carboxylic acids is 1. The molecule has 0 atom stereocenters. The zero-order valence-electron chi connectivity index (χ0n) is 17.2. The van der Waals surface area contributed by atoms with E-state index in [1.165, 1.54) is 4.57 Å². The maximum atomic E-state index is 13.2. The van der Waals surface area contributed by atoms with Crippen molar-refractivity contribution in [2.75, 3.05) is 5.32 Å². The van der Waals surface area contributed by atoms with Crippen molar-refractivity contribution in [1.29, 1.82) is 0 Å². The molecular weight excluding hydrogens is 398 g/mol. The van der Waals surface area contributed by atoms with Gasteiger partial charge in [-0.2, -0.15) is 0 Å². The highest BCUT2D eigenvalue weighted by Gasteiger charge is 2.28. The Morgan fingerprint density at radius 1 is 1.26 bits per heavy atom. The first-order valence-corrected chi connectivity index (χ1v) is 10.3. The maximum Gasteiger partial charge on any atom is 0.329 e. The molecule has 3 aromatic heterocycles. The fourth-order valence-corrected chi connectivity index (χ4v) is 3.81. The van der Waals surface area contributed by atoms with Crippen LogP contribution in [0.25, 0.3) is 22.1 Å². The summed E-state index contributed by atoms with van der Waals surface area (Å²) in [6.07, 6.45) is 2.64. The summed E-state index contributed by atoms with van der Waals surface area (Å²) in [5, 5.41) is 2.96. The first-order valence-electron chi connectivity index (χ1n) is 10.3. The Hall–Kier alpha value is -3.75. The quantitative estimate of drug-likeness (QED) is 0.512. The molecule has 2 N–H and O–H groups in total. The van der Waals surface area contributed by atoms with Crippen LogP contribution < -0.4 is 16.6 Å². The number of hydrogen-bond acceptors (Lipinski definition) is 6. The van der Waals surface area contributed by atoms with Gasteiger partial charge in [0.2, 0.25) is 0 Å². The summed E-state index contributed by atoms with van der Waals surface area (Å²) in [5.74, 6) is 0.337. The van der Waals surface area contributed by atoms with Crippen LogP contribution in [0.3, 0.4) is 0 Å². The zero-order chi connectivity index (χ0) is 21.7. The third kappa shape index (κ3) is 3.41. The molecule has 1 aliphatic carbocycles. The van der Waals surface area contributed by atoms with Gasteiger partial charge < -0.3 is 9.73 Å². The molecule has 9 heteroatoms. The highest BCUT2D eigenvalue weighted by molar-refractivity contribution is 6.12. The van der Waals surface area contributed by atoms with Crippen molar-refractivity contribution in [1.82, 2.24) is 19.5 Å². The maximum absolute atomic E-state index is 13.2. The summed E-state index contributed by atoms with van der Waals surface area (Å²) in [5.41, 5.74) is 1.84. The van der Waals surface area contributed by atoms with Gasteiger partial charge in [-0.15, -0.1) is 0 Å². The van der Waals surface area contributed by atoms with E-state index < -0.39 is 17.2 Å². The van der Waals surface area contributed by atoms with Crippen LogP contribution in [0.15, 0.2) is 38.3 Å². The van der Waals surface area contributed by atoms with Gasteiger partial charge in [0.05, 0.1) is 10.9 Å². The second kappa shape index (κ2) is 7.19. The van der Waals surface area contributed by atoms with Crippen LogP contribution in [-0.4, -0.2) is 25.4 Å². The highest BCUT2D eigenvalue weighted by atomic mass is 16.3. The number of H-pyrrole nitrogens is 1. The Labute approximate surface area is 176 Å². The van der Waals surface area contributed by atoms with Crippen LogP contribution in [0.2, 0.25) is 0 Å². The summed E-state index contributed by atoms with van der Waals surface area (Å²) in [6, 6.07) is 6.83. The third-order valence-corrected chi connectivity index (χ3v) is 5.41. The number of rotatable bonds is 5. The lowest BCUT2D eigenvalue weighted by atomic mass is 10.1. The second-order valence-corrected chi connectivity index (χ2v) is 7.85. The van der Waals surface area contributed by atoms with Gasteiger partial charge in [0.1, 0.15) is 5.52 Å². The van der Waals surface area contributed by atoms with Crippen molar-refractivity contribution in [3.8, 4) is 0 Å². The lowest BCUT2D eigenvalue weighted by Gasteiger charge is -2.13. The van der Waals surface area contributed by atoms with Gasteiger partial charge in [-0.25, -0.2) is 14.8 Å². The zero-order valence-corrected chi connectivity index (χ0v) is 17.2. The van der Waals surface area contributed by atoms with Gasteiger partial charge in [0, 0.05) is 30.8 Å². The van der Waals surface area contributed by atoms with Crippen molar-refractivity contribution in [2.45, 2.75) is 45.6 Å². The Balaban J connectivity index is 1.65. The number of nitrogens with zero attached hydrogens (tertiary/aromatic N) is 3. The van der Waals surface area contributed by atoms with Gasteiger partial charge in [-0.05, 0) is 43.5 Å². The number of oxazole rings is 1. The van der Waals surface area contributed by atoms with E-state index in [9.17, 15) is 14.4 Å². The molecule has 0 spiro atoms. The molecule has 5 rings (SSSR count). The topological polar surface area (TPSA) is 123 Å². The molecule has 0 aliphatic heterocycles. The molecule has 1 aromatic carbocycles. The molecule has 0 saturated heterocycles. The summed E-state index contributed by atoms with van der Waals surface area (Å²) < 4.78 is 6.91. The normalized spacial score (nSPS) is 13.7. The Kier molecular flexibility index (Phi) is 4.46. The number of hydrogen-bond donors (Lipinski definition) is 2. The molecule has 1 aliphatic rings. The number of nitrogens with one attached hydrogen (secondary N) is 2. The SMILES string of the molecule is CCCn1c(=O)[nH]c(=O)c2c(C(=O)Nc3ccc4oc(C)nc4c3)cc(C3CC3)nc21. The minimum atomic E-state index is -0.616. The molecule has 0 unspecified atom stereocenters. The van der Waals surface area contributed by atoms with Crippen molar-refractivity contribution < 1.29 is 9.21 Å². The van der Waals surface area contributed by atoms with E-state index in [1.54, 1.807) is 31.2 Å². The second-order valence-electron chi connectivity index (χ2n) is 7.85. The number of fused-ring (bicyclic) bond motifs is 2. The summed E-state index contributed by atoms with van der Waals surface area (Å²) in [6.45, 7) is 4.09. The molecule has 3 heterocycles. The minimum absolute atomic E-state index is 0.119. The number of benzene rings is 1. The van der Waals surface area contributed by atoms with Crippen LogP contribution >= 0.6 is 0 Å². The summed E-state index contributed by atoms with van der Waals surface area (Å²) in [4.78, 5) is 49.6. The number of aromatic nitrogens is 4. The molecule has 1 fully saturated rings. The number of carbonyl (C=O) groups is 1. The van der Waals surface area contributed by atoms with Crippen LogP contribution in [0.4, 0.5) is 5.69 Å². The molecular formula is C22H21N5O4. The van der Waals surface area contributed by atoms with E-state index in [0.717, 1.165) is 18.5 Å². The van der Waals surface area contributed by atoms with Crippen LogP contribution in [0, 0.1) is 6.92 Å². The van der Waals surface area contributed by atoms with Gasteiger partial charge in [0.15, 0.2) is 17.1 Å². The first-order chi connectivity index (χ1) is 14.9. The molecule has 0 bridgehead atoms. The van der Waals surface area contributed by atoms with Crippen molar-refractivity contribution in [3.63, 3.8) is 0 Å². The van der Waals surface area contributed by atoms with Crippen LogP contribution in [-0.2, 0) is 6.54 Å². The summed E-state index contributed by atoms with van der Waals surface area (Å²) >= 11 is 0. The van der Waals surface area contributed by atoms with Gasteiger partial charge in [-0.3, -0.25) is 19.1 Å². The average molecular weight is 419 g/mol. The van der Waals surface area contributed by atoms with E-state index >= 15 is 0 Å². The third-order valence-electron chi connectivity index (χ3n) is 5.41. The Bertz CT molecular complexity index is 1460. The van der Waals surface area contributed by atoms with E-state index in [4.69, 9.17) is 4.42 Å². The highest BCUT2D eigenvalue weighted by Crippen LogP contribution is 2.40. The van der Waals surface area contributed by atoms with Gasteiger partial charge in [-0.1, -0.05) is 6.92 Å².